The van der Waals surface area contributed by atoms with Gasteiger partial charge in [-0.05, 0) is 13.8 Å². The number of hydrogen-bond donors (Lipinski definition) is 0. The maximum Gasteiger partial charge on any atom is 0.228 e. The number of nitrogens with zero attached hydrogens (tertiary/aromatic N) is 5. The van der Waals surface area contributed by atoms with Gasteiger partial charge in [-0.15, -0.1) is 0 Å². The Bertz CT molecular complexity index is 658. The number of ether oxygens (including phenoxy) is 1. The van der Waals surface area contributed by atoms with E-state index in [-0.39, 0.29) is 17.7 Å². The van der Waals surface area contributed by atoms with Crippen molar-refractivity contribution in [3.63, 3.8) is 0 Å². The summed E-state index contributed by atoms with van der Waals surface area (Å²) in [6.07, 6.45) is 0.328. The van der Waals surface area contributed by atoms with Gasteiger partial charge < -0.3 is 19.4 Å². The summed E-state index contributed by atoms with van der Waals surface area (Å²) < 4.78 is 5.49. The number of aromatic nitrogens is 2. The normalized spacial score (nSPS) is 21.0. The highest BCUT2D eigenvalue weighted by atomic mass is 16.5. The maximum atomic E-state index is 12.6. The number of carbonyl (C=O) groups excluding carboxylic acids is 2. The second-order valence-electron chi connectivity index (χ2n) is 6.57. The van der Waals surface area contributed by atoms with Crippen LogP contribution in [0.15, 0.2) is 6.07 Å². The predicted octanol–water partition coefficient (Wildman–Crippen LogP) is 0.311. The zero-order valence-electron chi connectivity index (χ0n) is 15.1. The van der Waals surface area contributed by atoms with E-state index in [1.807, 2.05) is 24.8 Å². The number of amides is 2. The first-order valence-corrected chi connectivity index (χ1v) is 8.74. The molecule has 2 fully saturated rings. The van der Waals surface area contributed by atoms with E-state index in [0.717, 1.165) is 5.69 Å². The Hall–Kier alpha value is -2.38. The Morgan fingerprint density at radius 1 is 1.28 bits per heavy atom. The number of rotatable bonds is 4. The maximum absolute atomic E-state index is 12.6. The second-order valence-corrected chi connectivity index (χ2v) is 6.57. The molecule has 0 radical (unpaired) electrons. The van der Waals surface area contributed by atoms with Gasteiger partial charge in [0.05, 0.1) is 12.5 Å². The lowest BCUT2D eigenvalue weighted by atomic mass is 10.1. The van der Waals surface area contributed by atoms with Crippen molar-refractivity contribution < 1.29 is 14.3 Å². The molecule has 25 heavy (non-hydrogen) atoms. The van der Waals surface area contributed by atoms with E-state index in [9.17, 15) is 9.59 Å². The molecule has 8 nitrogen and oxygen atoms in total. The Morgan fingerprint density at radius 3 is 2.60 bits per heavy atom. The molecule has 2 aliphatic rings. The molecule has 1 atom stereocenters. The van der Waals surface area contributed by atoms with Gasteiger partial charge in [0.15, 0.2) is 0 Å². The summed E-state index contributed by atoms with van der Waals surface area (Å²) in [5.41, 5.74) is 0.861. The minimum Gasteiger partial charge on any atom is -0.478 e. The van der Waals surface area contributed by atoms with Crippen LogP contribution in [0.2, 0.25) is 0 Å². The van der Waals surface area contributed by atoms with E-state index in [2.05, 4.69) is 14.9 Å². The molecule has 8 heteroatoms. The van der Waals surface area contributed by atoms with Crippen LogP contribution in [-0.4, -0.2) is 78.0 Å². The lowest BCUT2D eigenvalue weighted by Gasteiger charge is -2.36. The van der Waals surface area contributed by atoms with Crippen LogP contribution in [0.1, 0.15) is 19.0 Å². The van der Waals surface area contributed by atoms with Crippen LogP contribution in [0.4, 0.5) is 5.95 Å². The van der Waals surface area contributed by atoms with Crippen molar-refractivity contribution in [3.05, 3.63) is 11.8 Å². The lowest BCUT2D eigenvalue weighted by molar-refractivity contribution is -0.136. The van der Waals surface area contributed by atoms with Crippen LogP contribution in [0.5, 0.6) is 5.88 Å². The minimum absolute atomic E-state index is 0.0496. The van der Waals surface area contributed by atoms with E-state index < -0.39 is 0 Å². The first kappa shape index (κ1) is 17.4. The summed E-state index contributed by atoms with van der Waals surface area (Å²) in [4.78, 5) is 38.8. The molecule has 136 valence electrons. The predicted molar refractivity (Wildman–Crippen MR) is 92.5 cm³/mol. The van der Waals surface area contributed by atoms with Gasteiger partial charge in [0.2, 0.25) is 23.6 Å². The molecule has 0 aliphatic carbocycles. The molecule has 0 bridgehead atoms. The van der Waals surface area contributed by atoms with Gasteiger partial charge in [0.25, 0.3) is 0 Å². The number of aryl methyl sites for hydroxylation is 1. The molecule has 0 aromatic carbocycles. The minimum atomic E-state index is -0.205. The SMILES string of the molecule is CCOc1cc(C)nc(N2CCN(C(=O)[C@H]3CC(=O)N(C)C3)CC2)n1. The number of carbonyl (C=O) groups is 2. The summed E-state index contributed by atoms with van der Waals surface area (Å²) in [6, 6.07) is 1.82. The van der Waals surface area contributed by atoms with Crippen molar-refractivity contribution in [2.75, 3.05) is 51.3 Å². The Labute approximate surface area is 147 Å². The molecule has 0 spiro atoms. The van der Waals surface area contributed by atoms with Gasteiger partial charge in [-0.25, -0.2) is 4.98 Å². The molecule has 1 aromatic heterocycles. The van der Waals surface area contributed by atoms with Gasteiger partial charge in [0.1, 0.15) is 0 Å². The molecule has 3 heterocycles. The van der Waals surface area contributed by atoms with E-state index in [0.29, 0.717) is 57.6 Å². The van der Waals surface area contributed by atoms with Crippen molar-refractivity contribution in [2.24, 2.45) is 5.92 Å². The van der Waals surface area contributed by atoms with E-state index in [4.69, 9.17) is 4.74 Å². The number of piperazine rings is 1. The van der Waals surface area contributed by atoms with Crippen LogP contribution >= 0.6 is 0 Å². The summed E-state index contributed by atoms with van der Waals surface area (Å²) in [7, 11) is 1.75. The smallest absolute Gasteiger partial charge is 0.228 e. The second kappa shape index (κ2) is 7.25. The average molecular weight is 347 g/mol. The third-order valence-electron chi connectivity index (χ3n) is 4.68. The van der Waals surface area contributed by atoms with Crippen LogP contribution < -0.4 is 9.64 Å². The zero-order chi connectivity index (χ0) is 18.0. The molecular weight excluding hydrogens is 322 g/mol. The van der Waals surface area contributed by atoms with Gasteiger partial charge in [-0.2, -0.15) is 4.98 Å². The summed E-state index contributed by atoms with van der Waals surface area (Å²) >= 11 is 0. The highest BCUT2D eigenvalue weighted by Gasteiger charge is 2.35. The Morgan fingerprint density at radius 2 is 2.00 bits per heavy atom. The Balaban J connectivity index is 1.60. The van der Waals surface area contributed by atoms with Gasteiger partial charge >= 0.3 is 0 Å². The van der Waals surface area contributed by atoms with Crippen molar-refractivity contribution in [1.29, 1.82) is 0 Å². The molecule has 0 saturated carbocycles. The molecular formula is C17H25N5O3. The van der Waals surface area contributed by atoms with E-state index >= 15 is 0 Å². The third-order valence-corrected chi connectivity index (χ3v) is 4.68. The summed E-state index contributed by atoms with van der Waals surface area (Å²) in [5.74, 6) is 1.15. The highest BCUT2D eigenvalue weighted by molar-refractivity contribution is 5.89. The standard InChI is InChI=1S/C17H25N5O3/c1-4-25-14-9-12(2)18-17(19-14)22-7-5-21(6-8-22)16(24)13-10-15(23)20(3)11-13/h9,13H,4-8,10-11H2,1-3H3/t13-/m0/s1. The van der Waals surface area contributed by atoms with Crippen LogP contribution in [-0.2, 0) is 9.59 Å². The average Bonchev–Trinajstić information content (AvgIpc) is 2.93. The number of hydrogen-bond acceptors (Lipinski definition) is 6. The molecule has 0 N–H and O–H groups in total. The lowest BCUT2D eigenvalue weighted by Crippen LogP contribution is -2.51. The first-order valence-electron chi connectivity index (χ1n) is 8.74. The van der Waals surface area contributed by atoms with Crippen molar-refractivity contribution >= 4 is 17.8 Å². The molecule has 0 unspecified atom stereocenters. The summed E-state index contributed by atoms with van der Waals surface area (Å²) in [6.45, 7) is 7.52. The van der Waals surface area contributed by atoms with E-state index in [1.165, 1.54) is 0 Å². The number of likely N-dealkylation sites (tertiary alicyclic amines) is 1. The molecule has 3 rings (SSSR count). The zero-order valence-corrected chi connectivity index (χ0v) is 15.1. The van der Waals surface area contributed by atoms with Crippen molar-refractivity contribution in [3.8, 4) is 5.88 Å². The molecule has 2 aliphatic heterocycles. The fourth-order valence-corrected chi connectivity index (χ4v) is 3.30. The largest absolute Gasteiger partial charge is 0.478 e. The fraction of sp³-hybridized carbons (Fsp3) is 0.647. The quantitative estimate of drug-likeness (QED) is 0.780. The van der Waals surface area contributed by atoms with Crippen molar-refractivity contribution in [2.45, 2.75) is 20.3 Å². The molecule has 1 aromatic rings. The highest BCUT2D eigenvalue weighted by Crippen LogP contribution is 2.21. The first-order chi connectivity index (χ1) is 12.0. The van der Waals surface area contributed by atoms with Gasteiger partial charge in [-0.3, -0.25) is 9.59 Å². The van der Waals surface area contributed by atoms with Crippen LogP contribution in [0, 0.1) is 12.8 Å². The van der Waals surface area contributed by atoms with E-state index in [1.54, 1.807) is 11.9 Å². The summed E-state index contributed by atoms with van der Waals surface area (Å²) in [5, 5.41) is 0. The monoisotopic (exact) mass is 347 g/mol. The van der Waals surface area contributed by atoms with Crippen LogP contribution in [0.25, 0.3) is 0 Å². The fourth-order valence-electron chi connectivity index (χ4n) is 3.30. The molecule has 2 amide bonds. The van der Waals surface area contributed by atoms with Gasteiger partial charge in [0, 0.05) is 58.0 Å². The van der Waals surface area contributed by atoms with Crippen molar-refractivity contribution in [1.82, 2.24) is 19.8 Å². The topological polar surface area (TPSA) is 78.9 Å². The number of anilines is 1. The third kappa shape index (κ3) is 3.83. The Kier molecular flexibility index (Phi) is 5.06. The van der Waals surface area contributed by atoms with Crippen LogP contribution in [0.3, 0.4) is 0 Å². The molecule has 2 saturated heterocycles. The van der Waals surface area contributed by atoms with Gasteiger partial charge in [-0.1, -0.05) is 0 Å².